The maximum absolute atomic E-state index is 14.9. The van der Waals surface area contributed by atoms with Crippen molar-refractivity contribution in [1.29, 1.82) is 0 Å². The monoisotopic (exact) mass is 1350 g/mol. The number of hydrogen-bond acceptors (Lipinski definition) is 28. The lowest BCUT2D eigenvalue weighted by Gasteiger charge is -2.26. The third kappa shape index (κ3) is 13.2. The molecule has 2 aliphatic heterocycles. The minimum absolute atomic E-state index is 0.0324. The van der Waals surface area contributed by atoms with Gasteiger partial charge in [0.15, 0.2) is 32.8 Å². The first-order chi connectivity index (χ1) is 39.9. The number of nitrogens with zero attached hydrogens (tertiary/aromatic N) is 8. The molecule has 86 heavy (non-hydrogen) atoms. The van der Waals surface area contributed by atoms with Crippen molar-refractivity contribution in [3.63, 3.8) is 0 Å². The number of aromatic nitrogens is 6. The van der Waals surface area contributed by atoms with E-state index in [1.807, 2.05) is 0 Å². The third-order valence-corrected chi connectivity index (χ3v) is 17.7. The van der Waals surface area contributed by atoms with E-state index >= 15 is 0 Å². The summed E-state index contributed by atoms with van der Waals surface area (Å²) >= 11 is 13.7. The van der Waals surface area contributed by atoms with E-state index in [0.717, 1.165) is 12.1 Å². The highest BCUT2D eigenvalue weighted by Gasteiger charge is 2.36. The van der Waals surface area contributed by atoms with E-state index in [2.05, 4.69) is 71.8 Å². The topological polar surface area (TPSA) is 519 Å². The van der Waals surface area contributed by atoms with E-state index in [9.17, 15) is 86.6 Å². The Morgan fingerprint density at radius 3 is 1.10 bits per heavy atom. The van der Waals surface area contributed by atoms with Crippen LogP contribution in [0.15, 0.2) is 100 Å². The Labute approximate surface area is 491 Å². The molecule has 5 aromatic carbocycles. The van der Waals surface area contributed by atoms with Gasteiger partial charge in [-0.2, -0.15) is 89.2 Å². The smallest absolute Gasteiger partial charge is 0.315 e. The van der Waals surface area contributed by atoms with Crippen LogP contribution in [0, 0.1) is 12.2 Å². The zero-order chi connectivity index (χ0) is 63.0. The third-order valence-electron chi connectivity index (χ3n) is 11.7. The normalized spacial score (nSPS) is 13.8. The Bertz CT molecular complexity index is 4610. The summed E-state index contributed by atoms with van der Waals surface area (Å²) in [4.78, 5) is 24.8. The second-order valence-corrected chi connectivity index (χ2v) is 26.5. The van der Waals surface area contributed by atoms with Crippen molar-refractivity contribution in [2.75, 3.05) is 31.9 Å². The molecule has 0 saturated heterocycles. The zero-order valence-corrected chi connectivity index (χ0v) is 48.7. The van der Waals surface area contributed by atoms with Crippen LogP contribution >= 0.6 is 23.2 Å². The van der Waals surface area contributed by atoms with Gasteiger partial charge in [-0.3, -0.25) is 27.3 Å². The van der Waals surface area contributed by atoms with Crippen molar-refractivity contribution in [3.8, 4) is 23.0 Å². The number of nitrogens with one attached hydrogen (secondary N) is 6. The molecule has 2 aromatic heterocycles. The first kappa shape index (κ1) is 62.5. The molecule has 0 radical (unpaired) electrons. The van der Waals surface area contributed by atoms with Crippen LogP contribution in [-0.4, -0.2) is 120 Å². The summed E-state index contributed by atoms with van der Waals surface area (Å²) in [6.07, 6.45) is -5.51. The van der Waals surface area contributed by atoms with Crippen molar-refractivity contribution in [1.82, 2.24) is 29.9 Å². The molecular formula is C42H34Cl2F2N14O20S6. The molecule has 0 fully saturated rings. The van der Waals surface area contributed by atoms with Crippen LogP contribution in [0.2, 0.25) is 10.0 Å². The van der Waals surface area contributed by atoms with Gasteiger partial charge in [-0.1, -0.05) is 37.0 Å². The Balaban J connectivity index is 1.00. The molecule has 12 N–H and O–H groups in total. The van der Waals surface area contributed by atoms with E-state index in [-0.39, 0.29) is 34.9 Å². The highest BCUT2D eigenvalue weighted by atomic mass is 35.5. The maximum atomic E-state index is 14.9. The van der Waals surface area contributed by atoms with Crippen molar-refractivity contribution in [2.45, 2.75) is 68.4 Å². The number of ether oxygens (including phenoxy) is 2. The zero-order valence-electron chi connectivity index (χ0n) is 42.3. The first-order valence-corrected chi connectivity index (χ1v) is 32.5. The van der Waals surface area contributed by atoms with Crippen molar-refractivity contribution in [3.05, 3.63) is 93.6 Å². The molecule has 0 amide bonds. The summed E-state index contributed by atoms with van der Waals surface area (Å²) in [5, 5.41) is 13.5. The number of hydrogen-bond donors (Lipinski definition) is 12. The van der Waals surface area contributed by atoms with Gasteiger partial charge in [0.25, 0.3) is 60.7 Å². The lowest BCUT2D eigenvalue weighted by atomic mass is 10.1. The summed E-state index contributed by atoms with van der Waals surface area (Å²) in [6.45, 7) is 3.05. The van der Waals surface area contributed by atoms with E-state index in [0.29, 0.717) is 36.4 Å². The molecule has 0 aliphatic carbocycles. The number of anilines is 8. The van der Waals surface area contributed by atoms with Gasteiger partial charge in [0.05, 0.1) is 44.9 Å². The van der Waals surface area contributed by atoms with Crippen molar-refractivity contribution in [2.24, 2.45) is 9.98 Å². The average molecular weight is 1360 g/mol. The highest BCUT2D eigenvalue weighted by Crippen LogP contribution is 2.49. The molecule has 34 nitrogen and oxygen atoms in total. The van der Waals surface area contributed by atoms with Gasteiger partial charge < -0.3 is 41.4 Å². The molecule has 4 heterocycles. The summed E-state index contributed by atoms with van der Waals surface area (Å²) in [5.74, 6) is -5.14. The Kier molecular flexibility index (Phi) is 16.5. The van der Waals surface area contributed by atoms with Crippen LogP contribution in [0.25, 0.3) is 0 Å². The summed E-state index contributed by atoms with van der Waals surface area (Å²) in [7, 11) is -30.8. The van der Waals surface area contributed by atoms with Crippen molar-refractivity contribution >= 4 is 142 Å². The van der Waals surface area contributed by atoms with E-state index in [1.54, 1.807) is 0 Å². The Morgan fingerprint density at radius 1 is 0.442 bits per heavy atom. The van der Waals surface area contributed by atoms with Crippen molar-refractivity contribution < 1.29 is 96.1 Å². The van der Waals surface area contributed by atoms with E-state index < -0.39 is 194 Å². The van der Waals surface area contributed by atoms with Gasteiger partial charge in [-0.25, -0.2) is 9.98 Å². The SMILES string of the molecule is CCC(Nc1nc(F)nc(Nc2cc(S(=O)(=O)O)ccc2S(=O)(=O)O)n1)Nc1ccc2c(c1S(=O)(=O)O)Oc1c(Cl)c3c(c(Cl)c1=N2)Oc1c(ccc(NC(CC)Nc2nc(F)nc(Nc4cc(S(=O)(=O)O)ccc4S(=O)(=O)O)n2)c1S(=O)(=O)O)N=3. The molecule has 2 aliphatic rings. The van der Waals surface area contributed by atoms with E-state index in [4.69, 9.17) is 32.7 Å². The molecule has 7 aromatic rings. The standard InChI is InChI=1S/C42H34Cl2F2N14O20S6/c1-3-25(53-41-57-37(45)55-39(59-41)51-21-13-15(81(61,62)63)5-11-23(21)83(67,68)69)47-19-9-7-17-31(35(19)85(73,74)75)79-33-27(43)30-34(28(44)29(33)49-17)80-32-18(50-30)8-10-20(36(32)86(76,77)78)48-26(4-2)54-42-58-38(46)56-40(60-42)52-22-14-16(82(64,65)66)6-12-24(22)84(70,71)72/h5-14,25-26,47-48H,3-4H2,1-2H3,(H,61,62,63)(H,64,65,66)(H,67,68,69)(H,70,71,72)(H,73,74,75)(H,76,77,78)(H2,51,53,55,57,59)(H2,52,54,56,58,60). The molecule has 456 valence electrons. The molecule has 2 atom stereocenters. The first-order valence-electron chi connectivity index (χ1n) is 23.2. The van der Waals surface area contributed by atoms with E-state index in [1.165, 1.54) is 26.0 Å². The van der Waals surface area contributed by atoms with Gasteiger partial charge in [0, 0.05) is 0 Å². The maximum Gasteiger partial charge on any atom is 0.315 e. The van der Waals surface area contributed by atoms with Crippen LogP contribution < -0.4 is 52.1 Å². The fraction of sp³-hybridized carbons (Fsp3) is 0.143. The number of fused-ring (bicyclic) bond motifs is 4. The Morgan fingerprint density at radius 2 is 0.791 bits per heavy atom. The highest BCUT2D eigenvalue weighted by molar-refractivity contribution is 7.87. The van der Waals surface area contributed by atoms with Crippen LogP contribution in [-0.2, 0) is 60.7 Å². The predicted molar refractivity (Wildman–Crippen MR) is 292 cm³/mol. The fourth-order valence-corrected chi connectivity index (χ4v) is 12.4. The van der Waals surface area contributed by atoms with Gasteiger partial charge in [-0.05, 0) is 73.5 Å². The lowest BCUT2D eigenvalue weighted by molar-refractivity contribution is 0.428. The minimum Gasteiger partial charge on any atom is -0.450 e. The largest absolute Gasteiger partial charge is 0.450 e. The average Bonchev–Trinajstić information content (AvgIpc) is 0.738. The molecule has 44 heteroatoms. The second-order valence-electron chi connectivity index (χ2n) is 17.4. The Hall–Kier alpha value is -7.98. The summed E-state index contributed by atoms with van der Waals surface area (Å²) in [5.41, 5.74) is -2.98. The molecule has 2 unspecified atom stereocenters. The lowest BCUT2D eigenvalue weighted by Crippen LogP contribution is -2.30. The van der Waals surface area contributed by atoms with Crippen LogP contribution in [0.4, 0.5) is 66.7 Å². The van der Waals surface area contributed by atoms with Gasteiger partial charge in [0.2, 0.25) is 23.8 Å². The van der Waals surface area contributed by atoms with Gasteiger partial charge in [-0.15, -0.1) is 0 Å². The summed E-state index contributed by atoms with van der Waals surface area (Å²) in [6, 6.07) is 8.17. The van der Waals surface area contributed by atoms with Crippen LogP contribution in [0.5, 0.6) is 23.0 Å². The molecule has 0 spiro atoms. The molecule has 0 bridgehead atoms. The molecular weight excluding hydrogens is 1320 g/mol. The predicted octanol–water partition coefficient (Wildman–Crippen LogP) is 5.24. The van der Waals surface area contributed by atoms with Crippen LogP contribution in [0.1, 0.15) is 26.7 Å². The second kappa shape index (κ2) is 22.7. The fourth-order valence-electron chi connectivity index (χ4n) is 8.00. The number of rotatable bonds is 20. The minimum atomic E-state index is -5.35. The van der Waals surface area contributed by atoms with Crippen LogP contribution in [0.3, 0.4) is 0 Å². The number of benzene rings is 5. The molecule has 0 saturated carbocycles. The van der Waals surface area contributed by atoms with Gasteiger partial charge in [0.1, 0.15) is 41.9 Å². The quantitative estimate of drug-likeness (QED) is 0.0343. The van der Waals surface area contributed by atoms with Gasteiger partial charge >= 0.3 is 12.2 Å². The number of halogens is 4. The summed E-state index contributed by atoms with van der Waals surface area (Å²) < 4.78 is 250. The molecule has 9 rings (SSSR count).